The van der Waals surface area contributed by atoms with Crippen molar-refractivity contribution in [3.8, 4) is 0 Å². The van der Waals surface area contributed by atoms with Crippen molar-refractivity contribution in [1.82, 2.24) is 20.5 Å². The number of likely N-dealkylation sites (tertiary alicyclic amines) is 1. The molecule has 3 heterocycles. The predicted octanol–water partition coefficient (Wildman–Crippen LogP) is 1.80. The summed E-state index contributed by atoms with van der Waals surface area (Å²) < 4.78 is 0. The highest BCUT2D eigenvalue weighted by Gasteiger charge is 2.36. The third-order valence-corrected chi connectivity index (χ3v) is 5.21. The molecule has 0 saturated carbocycles. The summed E-state index contributed by atoms with van der Waals surface area (Å²) in [6.45, 7) is 4.77. The second-order valence-electron chi connectivity index (χ2n) is 6.57. The van der Waals surface area contributed by atoms with Crippen LogP contribution in [0.1, 0.15) is 31.2 Å². The topological polar surface area (TPSA) is 57.3 Å². The molecule has 5 nitrogen and oxygen atoms in total. The summed E-state index contributed by atoms with van der Waals surface area (Å²) >= 11 is 0. The summed E-state index contributed by atoms with van der Waals surface area (Å²) in [5.41, 5.74) is 1.71. The van der Waals surface area contributed by atoms with Crippen LogP contribution >= 0.6 is 0 Å². The van der Waals surface area contributed by atoms with Crippen LogP contribution in [0.3, 0.4) is 0 Å². The second kappa shape index (κ2) is 7.09. The van der Waals surface area contributed by atoms with E-state index in [9.17, 15) is 4.79 Å². The summed E-state index contributed by atoms with van der Waals surface area (Å²) in [5, 5.41) is 6.48. The number of piperidine rings is 2. The van der Waals surface area contributed by atoms with Gasteiger partial charge < -0.3 is 15.5 Å². The Balaban J connectivity index is 1.40. The van der Waals surface area contributed by atoms with E-state index >= 15 is 0 Å². The van der Waals surface area contributed by atoms with Gasteiger partial charge in [-0.1, -0.05) is 0 Å². The lowest BCUT2D eigenvalue weighted by atomic mass is 9.72. The molecule has 2 fully saturated rings. The van der Waals surface area contributed by atoms with Crippen LogP contribution in [0.2, 0.25) is 0 Å². The molecular formula is C17H26N4O. The highest BCUT2D eigenvalue weighted by Crippen LogP contribution is 2.39. The lowest BCUT2D eigenvalue weighted by Gasteiger charge is -2.44. The van der Waals surface area contributed by atoms with Crippen LogP contribution in [-0.2, 0) is 6.42 Å². The van der Waals surface area contributed by atoms with Gasteiger partial charge in [-0.2, -0.15) is 0 Å². The minimum atomic E-state index is 0.0952. The maximum absolute atomic E-state index is 12.2. The van der Waals surface area contributed by atoms with E-state index in [0.717, 1.165) is 45.4 Å². The zero-order valence-electron chi connectivity index (χ0n) is 13.2. The van der Waals surface area contributed by atoms with Crippen LogP contribution in [0.15, 0.2) is 24.5 Å². The van der Waals surface area contributed by atoms with Crippen molar-refractivity contribution in [2.45, 2.75) is 32.1 Å². The van der Waals surface area contributed by atoms with E-state index in [4.69, 9.17) is 0 Å². The van der Waals surface area contributed by atoms with Gasteiger partial charge in [0.05, 0.1) is 0 Å². The molecule has 5 heteroatoms. The van der Waals surface area contributed by atoms with E-state index in [1.807, 2.05) is 17.0 Å². The van der Waals surface area contributed by atoms with E-state index < -0.39 is 0 Å². The number of hydrogen-bond acceptors (Lipinski definition) is 3. The van der Waals surface area contributed by atoms with E-state index in [1.54, 1.807) is 12.4 Å². The molecule has 2 amide bonds. The standard InChI is InChI=1S/C17H26N4O/c22-16(20-10-3-15-1-8-18-9-2-15)21-13-6-17(7-14-21)4-11-19-12-5-17/h1-2,8-9,19H,3-7,10-14H2,(H,20,22). The number of rotatable bonds is 3. The monoisotopic (exact) mass is 302 g/mol. The fraction of sp³-hybridized carbons (Fsp3) is 0.647. The largest absolute Gasteiger partial charge is 0.338 e. The summed E-state index contributed by atoms with van der Waals surface area (Å²) in [5.74, 6) is 0. The smallest absolute Gasteiger partial charge is 0.317 e. The molecule has 0 unspecified atom stereocenters. The molecule has 120 valence electrons. The van der Waals surface area contributed by atoms with Crippen molar-refractivity contribution in [3.63, 3.8) is 0 Å². The molecule has 3 rings (SSSR count). The van der Waals surface area contributed by atoms with Gasteiger partial charge in [0.15, 0.2) is 0 Å². The summed E-state index contributed by atoms with van der Waals surface area (Å²) in [7, 11) is 0. The van der Waals surface area contributed by atoms with Crippen LogP contribution in [-0.4, -0.2) is 48.6 Å². The highest BCUT2D eigenvalue weighted by atomic mass is 16.2. The number of nitrogens with one attached hydrogen (secondary N) is 2. The first-order valence-electron chi connectivity index (χ1n) is 8.40. The Hall–Kier alpha value is -1.62. The van der Waals surface area contributed by atoms with Gasteiger partial charge >= 0.3 is 6.03 Å². The van der Waals surface area contributed by atoms with Gasteiger partial charge in [-0.25, -0.2) is 4.79 Å². The van der Waals surface area contributed by atoms with Gasteiger partial charge in [-0.05, 0) is 68.3 Å². The lowest BCUT2D eigenvalue weighted by molar-refractivity contribution is 0.0875. The Bertz CT molecular complexity index is 475. The molecule has 2 aliphatic heterocycles. The summed E-state index contributed by atoms with van der Waals surface area (Å²) in [6, 6.07) is 4.08. The Labute approximate surface area is 132 Å². The number of carbonyl (C=O) groups excluding carboxylic acids is 1. The molecule has 0 atom stereocenters. The van der Waals surface area contributed by atoms with Gasteiger partial charge in [0.1, 0.15) is 0 Å². The third kappa shape index (κ3) is 3.77. The predicted molar refractivity (Wildman–Crippen MR) is 86.7 cm³/mol. The number of aromatic nitrogens is 1. The first kappa shape index (κ1) is 15.3. The normalized spacial score (nSPS) is 20.8. The molecule has 0 aliphatic carbocycles. The van der Waals surface area contributed by atoms with Gasteiger partial charge in [0.2, 0.25) is 0 Å². The molecular weight excluding hydrogens is 276 g/mol. The molecule has 2 N–H and O–H groups in total. The Morgan fingerprint density at radius 3 is 2.55 bits per heavy atom. The molecule has 2 saturated heterocycles. The quantitative estimate of drug-likeness (QED) is 0.895. The van der Waals surface area contributed by atoms with Crippen LogP contribution in [0.5, 0.6) is 0 Å². The fourth-order valence-electron chi connectivity index (χ4n) is 3.62. The van der Waals surface area contributed by atoms with Gasteiger partial charge in [0, 0.05) is 32.0 Å². The SMILES string of the molecule is O=C(NCCc1ccncc1)N1CCC2(CCNCC2)CC1. The van der Waals surface area contributed by atoms with Crippen molar-refractivity contribution in [2.24, 2.45) is 5.41 Å². The Morgan fingerprint density at radius 1 is 1.18 bits per heavy atom. The highest BCUT2D eigenvalue weighted by molar-refractivity contribution is 5.74. The van der Waals surface area contributed by atoms with Crippen molar-refractivity contribution >= 4 is 6.03 Å². The Kier molecular flexibility index (Phi) is 4.93. The van der Waals surface area contributed by atoms with E-state index in [0.29, 0.717) is 12.0 Å². The summed E-state index contributed by atoms with van der Waals surface area (Å²) in [4.78, 5) is 18.2. The summed E-state index contributed by atoms with van der Waals surface area (Å²) in [6.07, 6.45) is 9.30. The van der Waals surface area contributed by atoms with Gasteiger partial charge in [0.25, 0.3) is 0 Å². The number of carbonyl (C=O) groups is 1. The molecule has 0 radical (unpaired) electrons. The molecule has 0 aromatic carbocycles. The minimum Gasteiger partial charge on any atom is -0.338 e. The van der Waals surface area contributed by atoms with Crippen LogP contribution in [0.4, 0.5) is 4.79 Å². The molecule has 1 spiro atoms. The van der Waals surface area contributed by atoms with Crippen LogP contribution < -0.4 is 10.6 Å². The van der Waals surface area contributed by atoms with Crippen molar-refractivity contribution in [3.05, 3.63) is 30.1 Å². The minimum absolute atomic E-state index is 0.0952. The third-order valence-electron chi connectivity index (χ3n) is 5.21. The molecule has 2 aliphatic rings. The fourth-order valence-corrected chi connectivity index (χ4v) is 3.62. The number of hydrogen-bond donors (Lipinski definition) is 2. The van der Waals surface area contributed by atoms with Gasteiger partial charge in [-0.15, -0.1) is 0 Å². The molecule has 1 aromatic rings. The zero-order valence-corrected chi connectivity index (χ0v) is 13.2. The molecule has 1 aromatic heterocycles. The number of amides is 2. The van der Waals surface area contributed by atoms with Crippen molar-refractivity contribution < 1.29 is 4.79 Å². The van der Waals surface area contributed by atoms with Crippen molar-refractivity contribution in [2.75, 3.05) is 32.7 Å². The maximum Gasteiger partial charge on any atom is 0.317 e. The first-order valence-corrected chi connectivity index (χ1v) is 8.40. The van der Waals surface area contributed by atoms with E-state index in [2.05, 4.69) is 15.6 Å². The number of pyridine rings is 1. The number of nitrogens with zero attached hydrogens (tertiary/aromatic N) is 2. The Morgan fingerprint density at radius 2 is 1.86 bits per heavy atom. The lowest BCUT2D eigenvalue weighted by Crippen LogP contribution is -2.50. The van der Waals surface area contributed by atoms with Crippen LogP contribution in [0.25, 0.3) is 0 Å². The maximum atomic E-state index is 12.2. The van der Waals surface area contributed by atoms with Gasteiger partial charge in [-0.3, -0.25) is 4.98 Å². The van der Waals surface area contributed by atoms with E-state index in [1.165, 1.54) is 18.4 Å². The zero-order chi connectivity index (χ0) is 15.3. The molecule has 22 heavy (non-hydrogen) atoms. The average Bonchev–Trinajstić information content (AvgIpc) is 2.57. The van der Waals surface area contributed by atoms with Crippen molar-refractivity contribution in [1.29, 1.82) is 0 Å². The van der Waals surface area contributed by atoms with Crippen LogP contribution in [0, 0.1) is 5.41 Å². The average molecular weight is 302 g/mol. The first-order chi connectivity index (χ1) is 10.8. The number of urea groups is 1. The second-order valence-corrected chi connectivity index (χ2v) is 6.57. The van der Waals surface area contributed by atoms with E-state index in [-0.39, 0.29) is 6.03 Å². The molecule has 0 bridgehead atoms.